The number of carboxylic acids is 1. The maximum absolute atomic E-state index is 12.8. The second-order valence-corrected chi connectivity index (χ2v) is 6.05. The summed E-state index contributed by atoms with van der Waals surface area (Å²) < 4.78 is 7.31. The Kier molecular flexibility index (Phi) is 5.02. The molecule has 2 aromatic rings. The molecular weight excluding hydrogens is 322 g/mol. The van der Waals surface area contributed by atoms with Crippen molar-refractivity contribution in [3.8, 4) is 11.4 Å². The van der Waals surface area contributed by atoms with Crippen LogP contribution >= 0.6 is 0 Å². The SMILES string of the molecule is CCCOc1cn(-c2ccccc2)nc1C(=O)N1CC[C@H](C(=O)O)C1. The number of carboxylic acid groups (broad SMARTS) is 1. The average Bonchev–Trinajstić information content (AvgIpc) is 3.27. The average molecular weight is 343 g/mol. The second-order valence-electron chi connectivity index (χ2n) is 6.05. The van der Waals surface area contributed by atoms with Crippen LogP contribution in [0.1, 0.15) is 30.3 Å². The fourth-order valence-corrected chi connectivity index (χ4v) is 2.83. The number of benzene rings is 1. The summed E-state index contributed by atoms with van der Waals surface area (Å²) in [5, 5.41) is 13.5. The molecule has 1 aromatic carbocycles. The first-order valence-electron chi connectivity index (χ1n) is 8.40. The fraction of sp³-hybridized carbons (Fsp3) is 0.389. The lowest BCUT2D eigenvalue weighted by Crippen LogP contribution is -2.30. The molecule has 1 saturated heterocycles. The summed E-state index contributed by atoms with van der Waals surface area (Å²) in [6, 6.07) is 9.47. The molecule has 1 aliphatic heterocycles. The molecule has 1 aliphatic rings. The minimum Gasteiger partial charge on any atom is -0.489 e. The Morgan fingerprint density at radius 3 is 2.72 bits per heavy atom. The molecule has 3 rings (SSSR count). The van der Waals surface area contributed by atoms with Crippen molar-refractivity contribution in [2.45, 2.75) is 19.8 Å². The van der Waals surface area contributed by atoms with Crippen LogP contribution in [0.25, 0.3) is 5.69 Å². The number of amides is 1. The van der Waals surface area contributed by atoms with Crippen molar-refractivity contribution in [2.24, 2.45) is 5.92 Å². The molecule has 7 heteroatoms. The Bertz CT molecular complexity index is 757. The maximum Gasteiger partial charge on any atom is 0.308 e. The highest BCUT2D eigenvalue weighted by molar-refractivity contribution is 5.95. The number of rotatable bonds is 6. The third-order valence-corrected chi connectivity index (χ3v) is 4.19. The van der Waals surface area contributed by atoms with E-state index < -0.39 is 11.9 Å². The zero-order valence-corrected chi connectivity index (χ0v) is 14.1. The third-order valence-electron chi connectivity index (χ3n) is 4.19. The number of hydrogen-bond acceptors (Lipinski definition) is 4. The molecule has 2 heterocycles. The van der Waals surface area contributed by atoms with Gasteiger partial charge in [0.05, 0.1) is 24.4 Å². The largest absolute Gasteiger partial charge is 0.489 e. The Morgan fingerprint density at radius 1 is 1.32 bits per heavy atom. The molecule has 1 amide bonds. The number of nitrogens with zero attached hydrogens (tertiary/aromatic N) is 3. The van der Waals surface area contributed by atoms with Gasteiger partial charge in [0.1, 0.15) is 0 Å². The van der Waals surface area contributed by atoms with Crippen molar-refractivity contribution in [1.82, 2.24) is 14.7 Å². The van der Waals surface area contributed by atoms with E-state index in [1.54, 1.807) is 10.9 Å². The standard InChI is InChI=1S/C18H21N3O4/c1-2-10-25-15-12-21(14-6-4-3-5-7-14)19-16(15)17(22)20-9-8-13(11-20)18(23)24/h3-7,12-13H,2,8-11H2,1H3,(H,23,24)/t13-/m0/s1. The van der Waals surface area contributed by atoms with E-state index >= 15 is 0 Å². The zero-order chi connectivity index (χ0) is 17.8. The molecule has 7 nitrogen and oxygen atoms in total. The number of para-hydroxylation sites is 1. The monoisotopic (exact) mass is 343 g/mol. The molecule has 0 spiro atoms. The molecule has 0 aliphatic carbocycles. The van der Waals surface area contributed by atoms with Crippen molar-refractivity contribution in [3.05, 3.63) is 42.2 Å². The van der Waals surface area contributed by atoms with Crippen molar-refractivity contribution >= 4 is 11.9 Å². The lowest BCUT2D eigenvalue weighted by molar-refractivity contribution is -0.141. The van der Waals surface area contributed by atoms with Crippen LogP contribution in [0, 0.1) is 5.92 Å². The molecule has 1 fully saturated rings. The first-order chi connectivity index (χ1) is 12.1. The van der Waals surface area contributed by atoms with Crippen LogP contribution in [0.2, 0.25) is 0 Å². The molecule has 1 atom stereocenters. The molecule has 1 N–H and O–H groups in total. The molecular formula is C18H21N3O4. The summed E-state index contributed by atoms with van der Waals surface area (Å²) in [7, 11) is 0. The minimum atomic E-state index is -0.868. The summed E-state index contributed by atoms with van der Waals surface area (Å²) in [4.78, 5) is 25.5. The van der Waals surface area contributed by atoms with Crippen LogP contribution in [0.5, 0.6) is 5.75 Å². The second kappa shape index (κ2) is 7.38. The number of ether oxygens (including phenoxy) is 1. The van der Waals surface area contributed by atoms with Gasteiger partial charge in [-0.25, -0.2) is 4.68 Å². The molecule has 25 heavy (non-hydrogen) atoms. The third kappa shape index (κ3) is 3.65. The predicted molar refractivity (Wildman–Crippen MR) is 91.0 cm³/mol. The first kappa shape index (κ1) is 17.0. The van der Waals surface area contributed by atoms with E-state index in [1.807, 2.05) is 37.3 Å². The summed E-state index contributed by atoms with van der Waals surface area (Å²) in [5.74, 6) is -1.24. The van der Waals surface area contributed by atoms with Gasteiger partial charge in [-0.05, 0) is 25.0 Å². The predicted octanol–water partition coefficient (Wildman–Crippen LogP) is 2.21. The topological polar surface area (TPSA) is 84.7 Å². The van der Waals surface area contributed by atoms with Gasteiger partial charge < -0.3 is 14.7 Å². The number of carbonyl (C=O) groups excluding carboxylic acids is 1. The lowest BCUT2D eigenvalue weighted by Gasteiger charge is -2.15. The van der Waals surface area contributed by atoms with Crippen molar-refractivity contribution in [2.75, 3.05) is 19.7 Å². The van der Waals surface area contributed by atoms with Crippen LogP contribution in [0.3, 0.4) is 0 Å². The molecule has 0 saturated carbocycles. The highest BCUT2D eigenvalue weighted by Gasteiger charge is 2.33. The number of hydrogen-bond donors (Lipinski definition) is 1. The number of aliphatic carboxylic acids is 1. The van der Waals surface area contributed by atoms with Crippen LogP contribution in [-0.4, -0.2) is 51.4 Å². The Hall–Kier alpha value is -2.83. The van der Waals surface area contributed by atoms with Gasteiger partial charge in [-0.1, -0.05) is 25.1 Å². The Morgan fingerprint density at radius 2 is 2.08 bits per heavy atom. The van der Waals surface area contributed by atoms with Gasteiger partial charge in [-0.2, -0.15) is 5.10 Å². The van der Waals surface area contributed by atoms with Gasteiger partial charge in [0.15, 0.2) is 11.4 Å². The quantitative estimate of drug-likeness (QED) is 0.869. The summed E-state index contributed by atoms with van der Waals surface area (Å²) in [6.45, 7) is 3.10. The Balaban J connectivity index is 1.87. The minimum absolute atomic E-state index is 0.208. The highest BCUT2D eigenvalue weighted by atomic mass is 16.5. The van der Waals surface area contributed by atoms with Crippen molar-refractivity contribution < 1.29 is 19.4 Å². The van der Waals surface area contributed by atoms with Crippen LogP contribution < -0.4 is 4.74 Å². The lowest BCUT2D eigenvalue weighted by atomic mass is 10.1. The van der Waals surface area contributed by atoms with E-state index in [1.165, 1.54) is 4.90 Å². The molecule has 132 valence electrons. The van der Waals surface area contributed by atoms with Gasteiger partial charge in [-0.15, -0.1) is 0 Å². The first-order valence-corrected chi connectivity index (χ1v) is 8.40. The van der Waals surface area contributed by atoms with E-state index in [0.29, 0.717) is 25.3 Å². The van der Waals surface area contributed by atoms with Gasteiger partial charge in [0, 0.05) is 13.1 Å². The highest BCUT2D eigenvalue weighted by Crippen LogP contribution is 2.25. The number of aromatic nitrogens is 2. The Labute approximate surface area is 145 Å². The van der Waals surface area contributed by atoms with E-state index in [9.17, 15) is 9.59 Å². The normalized spacial score (nSPS) is 16.8. The number of carbonyl (C=O) groups is 2. The van der Waals surface area contributed by atoms with Gasteiger partial charge in [0.2, 0.25) is 0 Å². The molecule has 0 radical (unpaired) electrons. The molecule has 1 aromatic heterocycles. The van der Waals surface area contributed by atoms with Gasteiger partial charge in [-0.3, -0.25) is 9.59 Å². The number of likely N-dealkylation sites (tertiary alicyclic amines) is 1. The zero-order valence-electron chi connectivity index (χ0n) is 14.1. The molecule has 0 bridgehead atoms. The van der Waals surface area contributed by atoms with Gasteiger partial charge in [0.25, 0.3) is 5.91 Å². The maximum atomic E-state index is 12.8. The van der Waals surface area contributed by atoms with Crippen LogP contribution in [0.15, 0.2) is 36.5 Å². The van der Waals surface area contributed by atoms with Gasteiger partial charge >= 0.3 is 5.97 Å². The summed E-state index contributed by atoms with van der Waals surface area (Å²) in [6.07, 6.45) is 2.98. The van der Waals surface area contributed by atoms with E-state index in [4.69, 9.17) is 9.84 Å². The van der Waals surface area contributed by atoms with E-state index in [2.05, 4.69) is 5.10 Å². The molecule has 0 unspecified atom stereocenters. The van der Waals surface area contributed by atoms with Crippen molar-refractivity contribution in [3.63, 3.8) is 0 Å². The van der Waals surface area contributed by atoms with Crippen LogP contribution in [-0.2, 0) is 4.79 Å². The summed E-state index contributed by atoms with van der Waals surface area (Å²) >= 11 is 0. The smallest absolute Gasteiger partial charge is 0.308 e. The summed E-state index contributed by atoms with van der Waals surface area (Å²) in [5.41, 5.74) is 1.05. The van der Waals surface area contributed by atoms with Crippen LogP contribution in [0.4, 0.5) is 0 Å². The van der Waals surface area contributed by atoms with E-state index in [-0.39, 0.29) is 18.1 Å². The van der Waals surface area contributed by atoms with E-state index in [0.717, 1.165) is 12.1 Å². The van der Waals surface area contributed by atoms with Crippen molar-refractivity contribution in [1.29, 1.82) is 0 Å². The fourth-order valence-electron chi connectivity index (χ4n) is 2.83.